The summed E-state index contributed by atoms with van der Waals surface area (Å²) in [5.74, 6) is 1.45. The fourth-order valence-electron chi connectivity index (χ4n) is 2.37. The Morgan fingerprint density at radius 2 is 1.92 bits per heavy atom. The number of benzene rings is 2. The Balaban J connectivity index is 1.73. The lowest BCUT2D eigenvalue weighted by molar-refractivity contribution is -0.122. The van der Waals surface area contributed by atoms with Crippen LogP contribution in [0.25, 0.3) is 0 Å². The van der Waals surface area contributed by atoms with E-state index >= 15 is 0 Å². The number of rotatable bonds is 8. The lowest BCUT2D eigenvalue weighted by atomic mass is 10.1. The predicted molar refractivity (Wildman–Crippen MR) is 95.9 cm³/mol. The standard InChI is InChI=1S/C19H22ClNO3/c1-14(11-15-5-3-7-17(12-15)23-2)21-19(22)9-10-24-18-8-4-6-16(20)13-18/h3-8,12-14H,9-11H2,1-2H3,(H,21,22). The summed E-state index contributed by atoms with van der Waals surface area (Å²) in [7, 11) is 1.64. The number of nitrogens with one attached hydrogen (secondary N) is 1. The Bertz CT molecular complexity index is 675. The van der Waals surface area contributed by atoms with E-state index in [0.29, 0.717) is 23.8 Å². The molecule has 0 saturated heterocycles. The summed E-state index contributed by atoms with van der Waals surface area (Å²) in [6.07, 6.45) is 1.05. The Labute approximate surface area is 147 Å². The van der Waals surface area contributed by atoms with Crippen molar-refractivity contribution in [1.29, 1.82) is 0 Å². The second-order valence-corrected chi connectivity index (χ2v) is 6.02. The third kappa shape index (κ3) is 6.13. The summed E-state index contributed by atoms with van der Waals surface area (Å²) in [5, 5.41) is 3.59. The van der Waals surface area contributed by atoms with Crippen molar-refractivity contribution in [2.45, 2.75) is 25.8 Å². The van der Waals surface area contributed by atoms with Gasteiger partial charge in [-0.25, -0.2) is 0 Å². The van der Waals surface area contributed by atoms with Crippen molar-refractivity contribution >= 4 is 17.5 Å². The first kappa shape index (κ1) is 18.1. The molecule has 0 radical (unpaired) electrons. The molecular formula is C19H22ClNO3. The number of hydrogen-bond acceptors (Lipinski definition) is 3. The maximum atomic E-state index is 12.0. The van der Waals surface area contributed by atoms with Crippen LogP contribution in [0.15, 0.2) is 48.5 Å². The molecular weight excluding hydrogens is 326 g/mol. The van der Waals surface area contributed by atoms with Gasteiger partial charge in [0.2, 0.25) is 5.91 Å². The molecule has 0 fully saturated rings. The summed E-state index contributed by atoms with van der Waals surface area (Å²) in [6.45, 7) is 2.30. The molecule has 0 aliphatic rings. The van der Waals surface area contributed by atoms with Crippen molar-refractivity contribution in [2.75, 3.05) is 13.7 Å². The van der Waals surface area contributed by atoms with Crippen molar-refractivity contribution in [3.8, 4) is 11.5 Å². The molecule has 2 aromatic rings. The third-order valence-electron chi connectivity index (χ3n) is 3.48. The van der Waals surface area contributed by atoms with E-state index in [1.165, 1.54) is 0 Å². The molecule has 0 saturated carbocycles. The first-order valence-corrected chi connectivity index (χ1v) is 8.25. The van der Waals surface area contributed by atoms with Crippen molar-refractivity contribution in [2.24, 2.45) is 0 Å². The Morgan fingerprint density at radius 1 is 1.17 bits per heavy atom. The first-order chi connectivity index (χ1) is 11.6. The van der Waals surface area contributed by atoms with Gasteiger partial charge in [-0.05, 0) is 49.2 Å². The van der Waals surface area contributed by atoms with Crippen molar-refractivity contribution in [3.63, 3.8) is 0 Å². The molecule has 24 heavy (non-hydrogen) atoms. The van der Waals surface area contributed by atoms with E-state index in [9.17, 15) is 4.79 Å². The number of halogens is 1. The molecule has 0 heterocycles. The largest absolute Gasteiger partial charge is 0.497 e. The van der Waals surface area contributed by atoms with Crippen LogP contribution in [0.5, 0.6) is 11.5 Å². The Morgan fingerprint density at radius 3 is 2.67 bits per heavy atom. The predicted octanol–water partition coefficient (Wildman–Crippen LogP) is 3.86. The topological polar surface area (TPSA) is 47.6 Å². The normalized spacial score (nSPS) is 11.6. The molecule has 0 aromatic heterocycles. The second-order valence-electron chi connectivity index (χ2n) is 5.58. The van der Waals surface area contributed by atoms with Crippen LogP contribution in [0, 0.1) is 0 Å². The molecule has 5 heteroatoms. The average Bonchev–Trinajstić information content (AvgIpc) is 2.55. The molecule has 1 N–H and O–H groups in total. The van der Waals surface area contributed by atoms with E-state index in [-0.39, 0.29) is 11.9 Å². The van der Waals surface area contributed by atoms with Crippen LogP contribution in [0.3, 0.4) is 0 Å². The van der Waals surface area contributed by atoms with Gasteiger partial charge >= 0.3 is 0 Å². The highest BCUT2D eigenvalue weighted by Crippen LogP contribution is 2.17. The minimum absolute atomic E-state index is 0.0348. The smallest absolute Gasteiger partial charge is 0.223 e. The van der Waals surface area contributed by atoms with Crippen LogP contribution in [0.4, 0.5) is 0 Å². The second kappa shape index (κ2) is 9.18. The summed E-state index contributed by atoms with van der Waals surface area (Å²) in [6, 6.07) is 15.0. The van der Waals surface area contributed by atoms with Gasteiger partial charge < -0.3 is 14.8 Å². The van der Waals surface area contributed by atoms with Crippen LogP contribution in [-0.4, -0.2) is 25.7 Å². The van der Waals surface area contributed by atoms with Crippen LogP contribution in [0.1, 0.15) is 18.9 Å². The van der Waals surface area contributed by atoms with E-state index in [4.69, 9.17) is 21.1 Å². The zero-order valence-electron chi connectivity index (χ0n) is 13.9. The fourth-order valence-corrected chi connectivity index (χ4v) is 2.55. The summed E-state index contributed by atoms with van der Waals surface area (Å²) in [5.41, 5.74) is 1.12. The molecule has 1 atom stereocenters. The number of hydrogen-bond donors (Lipinski definition) is 1. The molecule has 0 aliphatic heterocycles. The van der Waals surface area contributed by atoms with Gasteiger partial charge in [-0.1, -0.05) is 29.8 Å². The molecule has 0 aliphatic carbocycles. The van der Waals surface area contributed by atoms with E-state index in [1.807, 2.05) is 43.3 Å². The maximum Gasteiger partial charge on any atom is 0.223 e. The Kier molecular flexibility index (Phi) is 6.94. The zero-order valence-corrected chi connectivity index (χ0v) is 14.7. The summed E-state index contributed by atoms with van der Waals surface area (Å²) >= 11 is 5.89. The summed E-state index contributed by atoms with van der Waals surface area (Å²) < 4.78 is 10.7. The number of methoxy groups -OCH3 is 1. The summed E-state index contributed by atoms with van der Waals surface area (Å²) in [4.78, 5) is 12.0. The highest BCUT2D eigenvalue weighted by atomic mass is 35.5. The molecule has 1 amide bonds. The molecule has 128 valence electrons. The number of ether oxygens (including phenoxy) is 2. The van der Waals surface area contributed by atoms with Gasteiger partial charge in [-0.3, -0.25) is 4.79 Å². The van der Waals surface area contributed by atoms with E-state index in [0.717, 1.165) is 17.7 Å². The lowest BCUT2D eigenvalue weighted by Gasteiger charge is -2.15. The van der Waals surface area contributed by atoms with E-state index in [2.05, 4.69) is 5.32 Å². The van der Waals surface area contributed by atoms with Gasteiger partial charge in [0.15, 0.2) is 0 Å². The number of carbonyl (C=O) groups is 1. The van der Waals surface area contributed by atoms with Crippen molar-refractivity contribution in [1.82, 2.24) is 5.32 Å². The van der Waals surface area contributed by atoms with Crippen LogP contribution < -0.4 is 14.8 Å². The maximum absolute atomic E-state index is 12.0. The molecule has 0 bridgehead atoms. The monoisotopic (exact) mass is 347 g/mol. The van der Waals surface area contributed by atoms with E-state index < -0.39 is 0 Å². The molecule has 2 rings (SSSR count). The minimum atomic E-state index is -0.0348. The lowest BCUT2D eigenvalue weighted by Crippen LogP contribution is -2.34. The molecule has 1 unspecified atom stereocenters. The van der Waals surface area contributed by atoms with Gasteiger partial charge in [0.25, 0.3) is 0 Å². The van der Waals surface area contributed by atoms with Gasteiger partial charge in [-0.15, -0.1) is 0 Å². The van der Waals surface area contributed by atoms with Crippen LogP contribution in [-0.2, 0) is 11.2 Å². The highest BCUT2D eigenvalue weighted by molar-refractivity contribution is 6.30. The minimum Gasteiger partial charge on any atom is -0.497 e. The SMILES string of the molecule is COc1cccc(CC(C)NC(=O)CCOc2cccc(Cl)c2)c1. The van der Waals surface area contributed by atoms with Crippen LogP contribution in [0.2, 0.25) is 5.02 Å². The average molecular weight is 348 g/mol. The van der Waals surface area contributed by atoms with Crippen molar-refractivity contribution < 1.29 is 14.3 Å². The quantitative estimate of drug-likeness (QED) is 0.788. The third-order valence-corrected chi connectivity index (χ3v) is 3.71. The van der Waals surface area contributed by atoms with Gasteiger partial charge in [-0.2, -0.15) is 0 Å². The van der Waals surface area contributed by atoms with Gasteiger partial charge in [0.1, 0.15) is 11.5 Å². The zero-order chi connectivity index (χ0) is 17.4. The number of amides is 1. The Hall–Kier alpha value is -2.20. The molecule has 2 aromatic carbocycles. The fraction of sp³-hybridized carbons (Fsp3) is 0.316. The number of carbonyl (C=O) groups excluding carboxylic acids is 1. The molecule has 4 nitrogen and oxygen atoms in total. The first-order valence-electron chi connectivity index (χ1n) is 7.87. The van der Waals surface area contributed by atoms with Gasteiger partial charge in [0, 0.05) is 11.1 Å². The van der Waals surface area contributed by atoms with Crippen molar-refractivity contribution in [3.05, 3.63) is 59.1 Å². The van der Waals surface area contributed by atoms with Gasteiger partial charge in [0.05, 0.1) is 20.1 Å². The molecule has 0 spiro atoms. The highest BCUT2D eigenvalue weighted by Gasteiger charge is 2.09. The van der Waals surface area contributed by atoms with E-state index in [1.54, 1.807) is 19.2 Å². The van der Waals surface area contributed by atoms with Crippen LogP contribution >= 0.6 is 11.6 Å².